The average molecular weight is 391 g/mol. The van der Waals surface area contributed by atoms with Crippen LogP contribution >= 0.6 is 39.9 Å². The third-order valence-corrected chi connectivity index (χ3v) is 4.21. The van der Waals surface area contributed by atoms with Gasteiger partial charge in [0.1, 0.15) is 5.60 Å². The normalized spacial score (nSPS) is 14.9. The molecule has 0 bridgehead atoms. The molecular weight excluding hydrogens is 373 g/mol. The van der Waals surface area contributed by atoms with Gasteiger partial charge in [-0.15, -0.1) is 12.4 Å². The predicted octanol–water partition coefficient (Wildman–Crippen LogP) is 4.30. The van der Waals surface area contributed by atoms with Gasteiger partial charge in [0.05, 0.1) is 0 Å². The fraction of sp³-hybridized carbons (Fsp3) is 0.250. The molecule has 0 amide bonds. The summed E-state index contributed by atoms with van der Waals surface area (Å²) in [4.78, 5) is 0. The molecule has 0 saturated carbocycles. The Morgan fingerprint density at radius 2 is 1.86 bits per heavy atom. The molecule has 2 nitrogen and oxygen atoms in total. The first-order valence-electron chi connectivity index (χ1n) is 6.40. The van der Waals surface area contributed by atoms with Crippen molar-refractivity contribution in [2.45, 2.75) is 25.0 Å². The van der Waals surface area contributed by atoms with Crippen LogP contribution in [0.25, 0.3) is 0 Å². The maximum absolute atomic E-state index is 11.0. The van der Waals surface area contributed by atoms with Gasteiger partial charge in [0.15, 0.2) is 0 Å². The number of nitrogens with two attached hydrogens (primary N) is 1. The quantitative estimate of drug-likeness (QED) is 0.817. The number of aliphatic hydroxyl groups is 1. The predicted molar refractivity (Wildman–Crippen MR) is 94.1 cm³/mol. The minimum atomic E-state index is -1.11. The van der Waals surface area contributed by atoms with E-state index in [9.17, 15) is 5.11 Å². The van der Waals surface area contributed by atoms with Gasteiger partial charge in [-0.1, -0.05) is 51.8 Å². The van der Waals surface area contributed by atoms with Gasteiger partial charge in [-0.2, -0.15) is 0 Å². The molecule has 0 aliphatic rings. The van der Waals surface area contributed by atoms with Crippen molar-refractivity contribution < 1.29 is 5.11 Å². The zero-order valence-corrected chi connectivity index (χ0v) is 14.8. The van der Waals surface area contributed by atoms with Crippen molar-refractivity contribution in [2.75, 3.05) is 0 Å². The van der Waals surface area contributed by atoms with Crippen LogP contribution in [0.2, 0.25) is 5.02 Å². The van der Waals surface area contributed by atoms with E-state index < -0.39 is 11.6 Å². The van der Waals surface area contributed by atoms with E-state index in [1.54, 1.807) is 0 Å². The third kappa shape index (κ3) is 4.44. The van der Waals surface area contributed by atoms with Crippen LogP contribution < -0.4 is 5.73 Å². The summed E-state index contributed by atoms with van der Waals surface area (Å²) in [7, 11) is 0. The Hall–Kier alpha value is -0.580. The van der Waals surface area contributed by atoms with Gasteiger partial charge in [-0.25, -0.2) is 0 Å². The van der Waals surface area contributed by atoms with Gasteiger partial charge in [0, 0.05) is 22.0 Å². The Morgan fingerprint density at radius 1 is 1.24 bits per heavy atom. The summed E-state index contributed by atoms with van der Waals surface area (Å²) in [5.41, 5.74) is 6.72. The van der Waals surface area contributed by atoms with Crippen LogP contribution in [-0.2, 0) is 12.0 Å². The zero-order valence-electron chi connectivity index (χ0n) is 11.6. The highest BCUT2D eigenvalue weighted by Crippen LogP contribution is 2.30. The standard InChI is InChI=1S/C16H17BrClNO.ClH/c1-11(19)16(20,13-3-2-4-14(17)9-13)10-12-5-7-15(18)8-6-12;/h2-9,11,20H,10,19H2,1H3;1H/t11-,16?;/m0./s1. The van der Waals surface area contributed by atoms with Gasteiger partial charge in [-0.3, -0.25) is 0 Å². The van der Waals surface area contributed by atoms with E-state index in [-0.39, 0.29) is 12.4 Å². The molecule has 0 aliphatic carbocycles. The van der Waals surface area contributed by atoms with E-state index >= 15 is 0 Å². The molecule has 21 heavy (non-hydrogen) atoms. The minimum absolute atomic E-state index is 0. The molecule has 0 heterocycles. The van der Waals surface area contributed by atoms with Crippen molar-refractivity contribution in [1.82, 2.24) is 0 Å². The SMILES string of the molecule is C[C@H](N)C(O)(Cc1ccc(Cl)cc1)c1cccc(Br)c1.Cl. The van der Waals surface area contributed by atoms with Crippen LogP contribution in [0.4, 0.5) is 0 Å². The number of hydrogen-bond acceptors (Lipinski definition) is 2. The first-order chi connectivity index (χ1) is 9.41. The summed E-state index contributed by atoms with van der Waals surface area (Å²) in [5.74, 6) is 0. The second-order valence-corrected chi connectivity index (χ2v) is 6.38. The molecule has 2 aromatic rings. The lowest BCUT2D eigenvalue weighted by Gasteiger charge is -2.33. The van der Waals surface area contributed by atoms with E-state index in [2.05, 4.69) is 15.9 Å². The molecule has 0 spiro atoms. The molecular formula is C16H18BrCl2NO. The van der Waals surface area contributed by atoms with Gasteiger partial charge in [-0.05, 0) is 42.3 Å². The first-order valence-corrected chi connectivity index (χ1v) is 7.57. The van der Waals surface area contributed by atoms with Crippen molar-refractivity contribution in [3.05, 3.63) is 69.2 Å². The summed E-state index contributed by atoms with van der Waals surface area (Å²) in [6, 6.07) is 14.7. The molecule has 2 aromatic carbocycles. The van der Waals surface area contributed by atoms with Crippen molar-refractivity contribution in [3.8, 4) is 0 Å². The fourth-order valence-corrected chi connectivity index (χ4v) is 2.72. The molecule has 5 heteroatoms. The van der Waals surface area contributed by atoms with Crippen molar-refractivity contribution in [1.29, 1.82) is 0 Å². The van der Waals surface area contributed by atoms with E-state index in [0.717, 1.165) is 15.6 Å². The number of benzene rings is 2. The van der Waals surface area contributed by atoms with Gasteiger partial charge >= 0.3 is 0 Å². The average Bonchev–Trinajstić information content (AvgIpc) is 2.41. The van der Waals surface area contributed by atoms with Gasteiger partial charge in [0.2, 0.25) is 0 Å². The molecule has 0 aliphatic heterocycles. The maximum Gasteiger partial charge on any atom is 0.108 e. The lowest BCUT2D eigenvalue weighted by Crippen LogP contribution is -2.45. The first kappa shape index (κ1) is 18.5. The van der Waals surface area contributed by atoms with E-state index in [1.165, 1.54) is 0 Å². The number of hydrogen-bond donors (Lipinski definition) is 2. The van der Waals surface area contributed by atoms with E-state index in [0.29, 0.717) is 11.4 Å². The molecule has 0 saturated heterocycles. The van der Waals surface area contributed by atoms with Crippen LogP contribution in [0.3, 0.4) is 0 Å². The van der Waals surface area contributed by atoms with Crippen LogP contribution in [-0.4, -0.2) is 11.1 Å². The molecule has 0 aromatic heterocycles. The smallest absolute Gasteiger partial charge is 0.108 e. The highest BCUT2D eigenvalue weighted by molar-refractivity contribution is 9.10. The Kier molecular flexibility index (Phi) is 6.70. The molecule has 1 unspecified atom stereocenters. The highest BCUT2D eigenvalue weighted by atomic mass is 79.9. The van der Waals surface area contributed by atoms with Crippen molar-refractivity contribution in [2.24, 2.45) is 5.73 Å². The molecule has 2 rings (SSSR count). The van der Waals surface area contributed by atoms with Gasteiger partial charge in [0.25, 0.3) is 0 Å². The lowest BCUT2D eigenvalue weighted by atomic mass is 9.82. The summed E-state index contributed by atoms with van der Waals surface area (Å²) in [5, 5.41) is 11.7. The van der Waals surface area contributed by atoms with Crippen LogP contribution in [0, 0.1) is 0 Å². The van der Waals surface area contributed by atoms with E-state index in [4.69, 9.17) is 17.3 Å². The third-order valence-electron chi connectivity index (χ3n) is 3.46. The number of rotatable bonds is 4. The van der Waals surface area contributed by atoms with Crippen molar-refractivity contribution in [3.63, 3.8) is 0 Å². The topological polar surface area (TPSA) is 46.2 Å². The lowest BCUT2D eigenvalue weighted by molar-refractivity contribution is 0.0152. The minimum Gasteiger partial charge on any atom is -0.383 e. The Labute approximate surface area is 144 Å². The van der Waals surface area contributed by atoms with Gasteiger partial charge < -0.3 is 10.8 Å². The van der Waals surface area contributed by atoms with Crippen LogP contribution in [0.5, 0.6) is 0 Å². The zero-order chi connectivity index (χ0) is 14.8. The second-order valence-electron chi connectivity index (χ2n) is 5.03. The largest absolute Gasteiger partial charge is 0.383 e. The second kappa shape index (κ2) is 7.61. The molecule has 0 radical (unpaired) electrons. The maximum atomic E-state index is 11.0. The molecule has 0 fully saturated rings. The summed E-state index contributed by atoms with van der Waals surface area (Å²) >= 11 is 9.32. The summed E-state index contributed by atoms with van der Waals surface area (Å²) in [6.45, 7) is 1.82. The molecule has 2 atom stereocenters. The fourth-order valence-electron chi connectivity index (χ4n) is 2.20. The van der Waals surface area contributed by atoms with Crippen molar-refractivity contribution >= 4 is 39.9 Å². The van der Waals surface area contributed by atoms with E-state index in [1.807, 2.05) is 55.5 Å². The molecule has 114 valence electrons. The summed E-state index contributed by atoms with van der Waals surface area (Å²) in [6.07, 6.45) is 0.443. The summed E-state index contributed by atoms with van der Waals surface area (Å²) < 4.78 is 0.921. The monoisotopic (exact) mass is 389 g/mol. The Balaban J connectivity index is 0.00000220. The van der Waals surface area contributed by atoms with Crippen LogP contribution in [0.15, 0.2) is 53.0 Å². The Morgan fingerprint density at radius 3 is 2.38 bits per heavy atom. The van der Waals surface area contributed by atoms with Crippen LogP contribution in [0.1, 0.15) is 18.1 Å². The Bertz CT molecular complexity index is 589. The molecule has 3 N–H and O–H groups in total. The number of halogens is 3. The highest BCUT2D eigenvalue weighted by Gasteiger charge is 2.34.